The molecule has 0 atom stereocenters. The van der Waals surface area contributed by atoms with Crippen molar-refractivity contribution in [1.29, 1.82) is 0 Å². The highest BCUT2D eigenvalue weighted by molar-refractivity contribution is 6.05. The third kappa shape index (κ3) is 0.872. The summed E-state index contributed by atoms with van der Waals surface area (Å²) < 4.78 is 0. The molecule has 3 aromatic rings. The lowest BCUT2D eigenvalue weighted by Crippen LogP contribution is -1.74. The molecule has 1 heteroatoms. The lowest BCUT2D eigenvalue weighted by atomic mass is 10.1. The minimum atomic E-state index is 1.16. The maximum absolute atomic E-state index is 3.24. The Morgan fingerprint density at radius 1 is 1.08 bits per heavy atom. The Morgan fingerprint density at radius 3 is 3.08 bits per heavy atom. The van der Waals surface area contributed by atoms with Gasteiger partial charge in [-0.05, 0) is 17.5 Å². The van der Waals surface area contributed by atoms with Gasteiger partial charge in [0.15, 0.2) is 0 Å². The fraction of sp³-hybridized carbons (Fsp3) is 0. The fourth-order valence-electron chi connectivity index (χ4n) is 1.73. The van der Waals surface area contributed by atoms with Crippen LogP contribution in [0.5, 0.6) is 0 Å². The lowest BCUT2D eigenvalue weighted by Gasteiger charge is -1.97. The molecule has 3 rings (SSSR count). The number of aromatic nitrogens is 1. The number of rotatable bonds is 0. The first-order chi connectivity index (χ1) is 6.45. The Bertz CT molecular complexity index is 563. The monoisotopic (exact) mass is 166 g/mol. The van der Waals surface area contributed by atoms with E-state index in [4.69, 9.17) is 0 Å². The lowest BCUT2D eigenvalue weighted by molar-refractivity contribution is 1.49. The van der Waals surface area contributed by atoms with E-state index in [1.807, 2.05) is 18.3 Å². The minimum absolute atomic E-state index is 1.16. The topological polar surface area (TPSA) is 15.8 Å². The van der Waals surface area contributed by atoms with Gasteiger partial charge in [0.25, 0.3) is 0 Å². The molecule has 0 aliphatic carbocycles. The predicted octanol–water partition coefficient (Wildman–Crippen LogP) is 3.12. The molecule has 1 radical (unpaired) electrons. The molecule has 0 spiro atoms. The maximum atomic E-state index is 3.24. The first kappa shape index (κ1) is 6.72. The van der Waals surface area contributed by atoms with Crippen LogP contribution >= 0.6 is 0 Å². The van der Waals surface area contributed by atoms with Crippen LogP contribution in [0, 0.1) is 6.07 Å². The maximum Gasteiger partial charge on any atom is 0.0533 e. The zero-order valence-corrected chi connectivity index (χ0v) is 7.04. The molecule has 0 saturated heterocycles. The molecular weight excluding hydrogens is 158 g/mol. The van der Waals surface area contributed by atoms with Gasteiger partial charge in [0.1, 0.15) is 0 Å². The molecule has 0 fully saturated rings. The summed E-state index contributed by atoms with van der Waals surface area (Å²) in [4.78, 5) is 3.24. The van der Waals surface area contributed by atoms with E-state index in [1.165, 1.54) is 16.3 Å². The SMILES string of the molecule is [c]1cccc2c1ccc1cc[nH]c12. The van der Waals surface area contributed by atoms with E-state index in [-0.39, 0.29) is 0 Å². The Labute approximate surface area is 76.0 Å². The summed E-state index contributed by atoms with van der Waals surface area (Å²) in [7, 11) is 0. The fourth-order valence-corrected chi connectivity index (χ4v) is 1.73. The van der Waals surface area contributed by atoms with E-state index in [9.17, 15) is 0 Å². The summed E-state index contributed by atoms with van der Waals surface area (Å²) in [5, 5.41) is 3.66. The Balaban J connectivity index is 2.65. The molecule has 0 unspecified atom stereocenters. The van der Waals surface area contributed by atoms with Gasteiger partial charge in [-0.1, -0.05) is 30.3 Å². The van der Waals surface area contributed by atoms with E-state index in [0.717, 1.165) is 5.39 Å². The first-order valence-corrected chi connectivity index (χ1v) is 4.32. The molecule has 1 aromatic heterocycles. The van der Waals surface area contributed by atoms with Crippen LogP contribution in [0.4, 0.5) is 0 Å². The third-order valence-corrected chi connectivity index (χ3v) is 2.37. The minimum Gasteiger partial charge on any atom is -0.361 e. The van der Waals surface area contributed by atoms with Gasteiger partial charge in [0.05, 0.1) is 5.52 Å². The predicted molar refractivity (Wildman–Crippen MR) is 54.6 cm³/mol. The summed E-state index contributed by atoms with van der Waals surface area (Å²) in [6, 6.07) is 15.6. The smallest absolute Gasteiger partial charge is 0.0533 e. The van der Waals surface area contributed by atoms with Crippen molar-refractivity contribution in [2.75, 3.05) is 0 Å². The van der Waals surface area contributed by atoms with Gasteiger partial charge < -0.3 is 4.98 Å². The van der Waals surface area contributed by atoms with Gasteiger partial charge in [-0.2, -0.15) is 0 Å². The van der Waals surface area contributed by atoms with Crippen LogP contribution in [0.1, 0.15) is 0 Å². The van der Waals surface area contributed by atoms with E-state index >= 15 is 0 Å². The van der Waals surface area contributed by atoms with Gasteiger partial charge >= 0.3 is 0 Å². The van der Waals surface area contributed by atoms with Crippen molar-refractivity contribution < 1.29 is 0 Å². The second kappa shape index (κ2) is 2.36. The van der Waals surface area contributed by atoms with Crippen molar-refractivity contribution in [3.63, 3.8) is 0 Å². The summed E-state index contributed by atoms with van der Waals surface area (Å²) in [5.74, 6) is 0. The van der Waals surface area contributed by atoms with Crippen LogP contribution in [0.25, 0.3) is 21.7 Å². The highest BCUT2D eigenvalue weighted by Gasteiger charge is 1.98. The summed E-state index contributed by atoms with van der Waals surface area (Å²) in [5.41, 5.74) is 1.20. The van der Waals surface area contributed by atoms with Crippen molar-refractivity contribution in [3.05, 3.63) is 48.7 Å². The van der Waals surface area contributed by atoms with Crippen LogP contribution in [0.3, 0.4) is 0 Å². The molecule has 0 aliphatic heterocycles. The first-order valence-electron chi connectivity index (χ1n) is 4.32. The molecule has 1 N–H and O–H groups in total. The molecule has 0 saturated carbocycles. The summed E-state index contributed by atoms with van der Waals surface area (Å²) in [6.07, 6.45) is 1.97. The van der Waals surface area contributed by atoms with Crippen LogP contribution in [0.15, 0.2) is 42.6 Å². The Kier molecular flexibility index (Phi) is 1.22. The van der Waals surface area contributed by atoms with E-state index in [2.05, 4.69) is 35.3 Å². The second-order valence-corrected chi connectivity index (χ2v) is 3.14. The number of hydrogen-bond donors (Lipinski definition) is 1. The third-order valence-electron chi connectivity index (χ3n) is 2.37. The summed E-state index contributed by atoms with van der Waals surface area (Å²) in [6.45, 7) is 0. The van der Waals surface area contributed by atoms with E-state index in [1.54, 1.807) is 0 Å². The van der Waals surface area contributed by atoms with Crippen molar-refractivity contribution in [3.8, 4) is 0 Å². The molecule has 0 bridgehead atoms. The van der Waals surface area contributed by atoms with E-state index in [0.29, 0.717) is 0 Å². The molecule has 0 aliphatic rings. The number of aromatic amines is 1. The van der Waals surface area contributed by atoms with Crippen LogP contribution in [0.2, 0.25) is 0 Å². The number of fused-ring (bicyclic) bond motifs is 3. The average molecular weight is 166 g/mol. The highest BCUT2D eigenvalue weighted by atomic mass is 14.7. The molecule has 1 heterocycles. The number of benzene rings is 2. The van der Waals surface area contributed by atoms with Crippen LogP contribution in [-0.2, 0) is 0 Å². The van der Waals surface area contributed by atoms with Gasteiger partial charge in [-0.25, -0.2) is 0 Å². The highest BCUT2D eigenvalue weighted by Crippen LogP contribution is 2.22. The Morgan fingerprint density at radius 2 is 2.08 bits per heavy atom. The average Bonchev–Trinajstić information content (AvgIpc) is 2.65. The molecule has 2 aromatic carbocycles. The number of H-pyrrole nitrogens is 1. The molecule has 13 heavy (non-hydrogen) atoms. The van der Waals surface area contributed by atoms with Crippen molar-refractivity contribution >= 4 is 21.7 Å². The zero-order chi connectivity index (χ0) is 8.67. The van der Waals surface area contributed by atoms with Crippen LogP contribution < -0.4 is 0 Å². The molecule has 61 valence electrons. The van der Waals surface area contributed by atoms with Crippen molar-refractivity contribution in [2.24, 2.45) is 0 Å². The molecule has 1 nitrogen and oxygen atoms in total. The molecular formula is C12H8N. The standard InChI is InChI=1S/C12H8N/c1-2-4-11-9(3-1)5-6-10-7-8-13-12(10)11/h1-2,4-8,13H. The largest absolute Gasteiger partial charge is 0.361 e. The molecule has 0 amide bonds. The van der Waals surface area contributed by atoms with Crippen molar-refractivity contribution in [2.45, 2.75) is 0 Å². The quantitative estimate of drug-likeness (QED) is 0.528. The van der Waals surface area contributed by atoms with Gasteiger partial charge in [0.2, 0.25) is 0 Å². The van der Waals surface area contributed by atoms with Crippen LogP contribution in [-0.4, -0.2) is 4.98 Å². The van der Waals surface area contributed by atoms with Gasteiger partial charge in [-0.15, -0.1) is 0 Å². The number of nitrogens with one attached hydrogen (secondary N) is 1. The normalized spacial score (nSPS) is 11.1. The van der Waals surface area contributed by atoms with Gasteiger partial charge in [0, 0.05) is 17.0 Å². The van der Waals surface area contributed by atoms with E-state index < -0.39 is 0 Å². The Hall–Kier alpha value is -1.76. The van der Waals surface area contributed by atoms with Crippen molar-refractivity contribution in [1.82, 2.24) is 4.98 Å². The van der Waals surface area contributed by atoms with Gasteiger partial charge in [-0.3, -0.25) is 0 Å². The summed E-state index contributed by atoms with van der Waals surface area (Å²) >= 11 is 0. The second-order valence-electron chi connectivity index (χ2n) is 3.14. The number of hydrogen-bond acceptors (Lipinski definition) is 0. The zero-order valence-electron chi connectivity index (χ0n) is 7.04.